The zero-order valence-corrected chi connectivity index (χ0v) is 15.8. The fourth-order valence-corrected chi connectivity index (χ4v) is 3.42. The lowest BCUT2D eigenvalue weighted by Gasteiger charge is -2.33. The molecule has 0 spiro atoms. The third kappa shape index (κ3) is 5.07. The molecule has 1 N–H and O–H groups in total. The molecule has 3 rings (SSSR count). The Morgan fingerprint density at radius 1 is 1.15 bits per heavy atom. The van der Waals surface area contributed by atoms with Crippen molar-refractivity contribution < 1.29 is 4.79 Å². The predicted molar refractivity (Wildman–Crippen MR) is 106 cm³/mol. The summed E-state index contributed by atoms with van der Waals surface area (Å²) in [5.41, 5.74) is 2.06. The zero-order valence-electron chi connectivity index (χ0n) is 15.8. The highest BCUT2D eigenvalue weighted by Crippen LogP contribution is 2.24. The lowest BCUT2D eigenvalue weighted by atomic mass is 9.90. The Kier molecular flexibility index (Phi) is 6.26. The van der Waals surface area contributed by atoms with Gasteiger partial charge in [0.05, 0.1) is 5.56 Å². The number of rotatable bonds is 6. The molecule has 1 saturated heterocycles. The van der Waals surface area contributed by atoms with E-state index in [4.69, 9.17) is 0 Å². The maximum Gasteiger partial charge on any atom is 0.252 e. The molecule has 1 aromatic heterocycles. The van der Waals surface area contributed by atoms with Gasteiger partial charge in [0.2, 0.25) is 0 Å². The van der Waals surface area contributed by atoms with E-state index < -0.39 is 0 Å². The summed E-state index contributed by atoms with van der Waals surface area (Å²) in [6, 6.07) is 14.6. The summed E-state index contributed by atoms with van der Waals surface area (Å²) in [5.74, 6) is 2.13. The third-order valence-corrected chi connectivity index (χ3v) is 4.99. The molecule has 0 atom stereocenters. The van der Waals surface area contributed by atoms with Gasteiger partial charge in [-0.2, -0.15) is 0 Å². The van der Waals surface area contributed by atoms with Gasteiger partial charge in [-0.3, -0.25) is 4.79 Å². The van der Waals surface area contributed by atoms with Gasteiger partial charge in [-0.1, -0.05) is 44.2 Å². The first-order valence-electron chi connectivity index (χ1n) is 9.65. The lowest BCUT2D eigenvalue weighted by Crippen LogP contribution is -2.35. The second-order valence-corrected chi connectivity index (χ2v) is 7.63. The van der Waals surface area contributed by atoms with Crippen LogP contribution in [0.4, 0.5) is 5.82 Å². The van der Waals surface area contributed by atoms with Gasteiger partial charge in [-0.15, -0.1) is 0 Å². The fourth-order valence-electron chi connectivity index (χ4n) is 3.42. The minimum atomic E-state index is -0.0423. The summed E-state index contributed by atoms with van der Waals surface area (Å²) in [6.07, 6.45) is 5.23. The van der Waals surface area contributed by atoms with Crippen LogP contribution in [0.1, 0.15) is 42.6 Å². The number of carbonyl (C=O) groups excluding carboxylic acids is 1. The van der Waals surface area contributed by atoms with Gasteiger partial charge in [-0.05, 0) is 48.8 Å². The first kappa shape index (κ1) is 18.4. The molecule has 2 heterocycles. The Balaban J connectivity index is 1.50. The molecule has 2 aromatic rings. The van der Waals surface area contributed by atoms with Crippen molar-refractivity contribution in [3.63, 3.8) is 0 Å². The topological polar surface area (TPSA) is 45.2 Å². The van der Waals surface area contributed by atoms with E-state index in [1.54, 1.807) is 6.20 Å². The van der Waals surface area contributed by atoms with Gasteiger partial charge < -0.3 is 10.2 Å². The van der Waals surface area contributed by atoms with Crippen LogP contribution in [-0.2, 0) is 6.42 Å². The number of hydrogen-bond acceptors (Lipinski definition) is 3. The van der Waals surface area contributed by atoms with Gasteiger partial charge in [0.25, 0.3) is 5.91 Å². The first-order valence-corrected chi connectivity index (χ1v) is 9.65. The van der Waals surface area contributed by atoms with E-state index in [1.165, 1.54) is 18.4 Å². The second kappa shape index (κ2) is 8.84. The number of amides is 1. The number of nitrogens with one attached hydrogen (secondary N) is 1. The number of nitrogens with zero attached hydrogens (tertiary/aromatic N) is 2. The average molecular weight is 351 g/mol. The molecule has 0 unspecified atom stereocenters. The first-order chi connectivity index (χ1) is 12.6. The minimum absolute atomic E-state index is 0.0423. The molecule has 1 aliphatic rings. The quantitative estimate of drug-likeness (QED) is 0.858. The summed E-state index contributed by atoms with van der Waals surface area (Å²) >= 11 is 0. The van der Waals surface area contributed by atoms with Crippen LogP contribution in [0.15, 0.2) is 48.7 Å². The summed E-state index contributed by atoms with van der Waals surface area (Å²) in [7, 11) is 0. The molecule has 138 valence electrons. The van der Waals surface area contributed by atoms with Crippen molar-refractivity contribution in [1.29, 1.82) is 0 Å². The molecule has 0 radical (unpaired) electrons. The molecule has 26 heavy (non-hydrogen) atoms. The summed E-state index contributed by atoms with van der Waals surface area (Å²) in [4.78, 5) is 18.9. The normalized spacial score (nSPS) is 15.3. The van der Waals surface area contributed by atoms with Crippen LogP contribution in [-0.4, -0.2) is 30.5 Å². The molecular weight excluding hydrogens is 322 g/mol. The van der Waals surface area contributed by atoms with Gasteiger partial charge in [0.15, 0.2) is 0 Å². The lowest BCUT2D eigenvalue weighted by molar-refractivity contribution is 0.0948. The third-order valence-electron chi connectivity index (χ3n) is 4.99. The van der Waals surface area contributed by atoms with E-state index in [1.807, 2.05) is 12.1 Å². The van der Waals surface area contributed by atoms with Crippen molar-refractivity contribution in [3.05, 3.63) is 59.8 Å². The van der Waals surface area contributed by atoms with E-state index in [0.29, 0.717) is 18.0 Å². The van der Waals surface area contributed by atoms with Crippen LogP contribution in [0.3, 0.4) is 0 Å². The van der Waals surface area contributed by atoms with Crippen molar-refractivity contribution in [2.45, 2.75) is 33.1 Å². The van der Waals surface area contributed by atoms with E-state index in [0.717, 1.165) is 31.2 Å². The van der Waals surface area contributed by atoms with Crippen LogP contribution in [0, 0.1) is 11.8 Å². The molecule has 4 nitrogen and oxygen atoms in total. The van der Waals surface area contributed by atoms with Crippen molar-refractivity contribution in [2.24, 2.45) is 11.8 Å². The summed E-state index contributed by atoms with van der Waals surface area (Å²) < 4.78 is 0. The average Bonchev–Trinajstić information content (AvgIpc) is 2.68. The molecule has 1 aromatic carbocycles. The monoisotopic (exact) mass is 351 g/mol. The van der Waals surface area contributed by atoms with Gasteiger partial charge >= 0.3 is 0 Å². The van der Waals surface area contributed by atoms with Gasteiger partial charge in [0, 0.05) is 25.8 Å². The molecule has 1 fully saturated rings. The number of carbonyl (C=O) groups is 1. The van der Waals surface area contributed by atoms with E-state index in [9.17, 15) is 4.79 Å². The maximum absolute atomic E-state index is 12.1. The largest absolute Gasteiger partial charge is 0.357 e. The molecular formula is C22H29N3O. The van der Waals surface area contributed by atoms with Crippen molar-refractivity contribution in [3.8, 4) is 0 Å². The summed E-state index contributed by atoms with van der Waals surface area (Å²) in [5, 5.41) is 2.93. The van der Waals surface area contributed by atoms with Crippen LogP contribution in [0.25, 0.3) is 0 Å². The Morgan fingerprint density at radius 3 is 2.50 bits per heavy atom. The van der Waals surface area contributed by atoms with E-state index in [-0.39, 0.29) is 5.91 Å². The van der Waals surface area contributed by atoms with Crippen molar-refractivity contribution in [2.75, 3.05) is 24.5 Å². The Bertz CT molecular complexity index is 689. The number of anilines is 1. The van der Waals surface area contributed by atoms with Crippen LogP contribution >= 0.6 is 0 Å². The highest BCUT2D eigenvalue weighted by atomic mass is 16.1. The molecule has 4 heteroatoms. The van der Waals surface area contributed by atoms with Crippen molar-refractivity contribution in [1.82, 2.24) is 10.3 Å². The SMILES string of the molecule is CC(C)CNC(=O)c1ccc(N2CCC(Cc3ccccc3)CC2)nc1. The van der Waals surface area contributed by atoms with E-state index in [2.05, 4.69) is 59.4 Å². The second-order valence-electron chi connectivity index (χ2n) is 7.63. The van der Waals surface area contributed by atoms with E-state index >= 15 is 0 Å². The highest BCUT2D eigenvalue weighted by molar-refractivity contribution is 5.94. The van der Waals surface area contributed by atoms with Gasteiger partial charge in [0.1, 0.15) is 5.82 Å². The zero-order chi connectivity index (χ0) is 18.4. The molecule has 0 saturated carbocycles. The molecule has 0 bridgehead atoms. The Morgan fingerprint density at radius 2 is 1.88 bits per heavy atom. The summed E-state index contributed by atoms with van der Waals surface area (Å²) in [6.45, 7) is 6.92. The minimum Gasteiger partial charge on any atom is -0.357 e. The van der Waals surface area contributed by atoms with Crippen LogP contribution in [0.5, 0.6) is 0 Å². The molecule has 0 aliphatic carbocycles. The molecule has 1 amide bonds. The predicted octanol–water partition coefficient (Wildman–Crippen LogP) is 3.93. The number of aromatic nitrogens is 1. The number of hydrogen-bond donors (Lipinski definition) is 1. The van der Waals surface area contributed by atoms with Crippen LogP contribution in [0.2, 0.25) is 0 Å². The molecule has 1 aliphatic heterocycles. The fraction of sp³-hybridized carbons (Fsp3) is 0.455. The van der Waals surface area contributed by atoms with Crippen molar-refractivity contribution >= 4 is 11.7 Å². The number of benzene rings is 1. The van der Waals surface area contributed by atoms with Gasteiger partial charge in [-0.25, -0.2) is 4.98 Å². The Labute approximate surface area is 156 Å². The standard InChI is InChI=1S/C22H29N3O/c1-17(2)15-24-22(26)20-8-9-21(23-16-20)25-12-10-19(11-13-25)14-18-6-4-3-5-7-18/h3-9,16-17,19H,10-15H2,1-2H3,(H,24,26). The van der Waals surface area contributed by atoms with Crippen LogP contribution < -0.4 is 10.2 Å². The smallest absolute Gasteiger partial charge is 0.252 e. The number of pyridine rings is 1. The maximum atomic E-state index is 12.1. The highest BCUT2D eigenvalue weighted by Gasteiger charge is 2.20. The Hall–Kier alpha value is -2.36. The number of piperidine rings is 1.